The third-order valence-electron chi connectivity index (χ3n) is 3.61. The fraction of sp³-hybridized carbons (Fsp3) is 0.143. The van der Waals surface area contributed by atoms with Gasteiger partial charge in [-0.15, -0.1) is 0 Å². The van der Waals surface area contributed by atoms with Crippen molar-refractivity contribution >= 4 is 34.7 Å². The summed E-state index contributed by atoms with van der Waals surface area (Å²) in [5, 5.41) is 6.62. The zero-order valence-electron chi connectivity index (χ0n) is 15.1. The van der Waals surface area contributed by atoms with Crippen LogP contribution in [0.2, 0.25) is 5.02 Å². The van der Waals surface area contributed by atoms with Gasteiger partial charge in [-0.3, -0.25) is 4.79 Å². The van der Waals surface area contributed by atoms with Crippen molar-refractivity contribution in [3.63, 3.8) is 0 Å². The van der Waals surface area contributed by atoms with Crippen LogP contribution in [0.3, 0.4) is 0 Å². The second-order valence-electron chi connectivity index (χ2n) is 6.21. The van der Waals surface area contributed by atoms with Crippen LogP contribution in [0.25, 0.3) is 0 Å². The van der Waals surface area contributed by atoms with Gasteiger partial charge in [-0.1, -0.05) is 17.7 Å². The van der Waals surface area contributed by atoms with Gasteiger partial charge in [0.15, 0.2) is 0 Å². The molecule has 0 aliphatic carbocycles. The van der Waals surface area contributed by atoms with Gasteiger partial charge in [-0.2, -0.15) is 0 Å². The van der Waals surface area contributed by atoms with E-state index in [0.717, 1.165) is 11.4 Å². The highest BCUT2D eigenvalue weighted by Crippen LogP contribution is 2.20. The normalized spacial score (nSPS) is 10.5. The van der Waals surface area contributed by atoms with Crippen LogP contribution < -0.4 is 15.4 Å². The molecule has 0 aliphatic rings. The molecule has 27 heavy (non-hydrogen) atoms. The topological polar surface area (TPSA) is 63.2 Å². The Hall–Kier alpha value is -3.05. The van der Waals surface area contributed by atoms with Crippen LogP contribution in [-0.4, -0.2) is 17.0 Å². The van der Waals surface area contributed by atoms with Crippen molar-refractivity contribution in [2.45, 2.75) is 20.0 Å². The molecule has 5 nitrogen and oxygen atoms in total. The standard InChI is InChI=1S/C21H20ClN3O2/c1-14(2)27-19-9-7-17(8-10-19)25-21(26)15-6-11-20(23-13-15)24-18-5-3-4-16(22)12-18/h3-14H,1-2H3,(H,23,24)(H,25,26). The van der Waals surface area contributed by atoms with E-state index in [1.165, 1.54) is 6.20 Å². The lowest BCUT2D eigenvalue weighted by molar-refractivity contribution is 0.102. The van der Waals surface area contributed by atoms with E-state index in [1.807, 2.05) is 38.1 Å². The number of rotatable bonds is 6. The van der Waals surface area contributed by atoms with E-state index in [2.05, 4.69) is 15.6 Å². The Morgan fingerprint density at radius 3 is 2.44 bits per heavy atom. The number of benzene rings is 2. The highest BCUT2D eigenvalue weighted by Gasteiger charge is 2.08. The molecule has 3 aromatic rings. The van der Waals surface area contributed by atoms with E-state index >= 15 is 0 Å². The number of pyridine rings is 1. The molecule has 3 rings (SSSR count). The summed E-state index contributed by atoms with van der Waals surface area (Å²) in [6, 6.07) is 18.1. The van der Waals surface area contributed by atoms with Crippen molar-refractivity contribution in [3.05, 3.63) is 77.4 Å². The number of carbonyl (C=O) groups is 1. The molecule has 138 valence electrons. The van der Waals surface area contributed by atoms with Crippen LogP contribution >= 0.6 is 11.6 Å². The van der Waals surface area contributed by atoms with E-state index in [9.17, 15) is 4.79 Å². The maximum absolute atomic E-state index is 12.4. The van der Waals surface area contributed by atoms with Crippen molar-refractivity contribution in [2.75, 3.05) is 10.6 Å². The van der Waals surface area contributed by atoms with Gasteiger partial charge >= 0.3 is 0 Å². The van der Waals surface area contributed by atoms with Crippen LogP contribution in [0, 0.1) is 0 Å². The Kier molecular flexibility index (Phi) is 5.94. The molecule has 0 radical (unpaired) electrons. The van der Waals surface area contributed by atoms with Gasteiger partial charge < -0.3 is 15.4 Å². The molecular weight excluding hydrogens is 362 g/mol. The Morgan fingerprint density at radius 2 is 1.81 bits per heavy atom. The largest absolute Gasteiger partial charge is 0.491 e. The van der Waals surface area contributed by atoms with E-state index in [0.29, 0.717) is 22.1 Å². The lowest BCUT2D eigenvalue weighted by atomic mass is 10.2. The van der Waals surface area contributed by atoms with Crippen molar-refractivity contribution < 1.29 is 9.53 Å². The van der Waals surface area contributed by atoms with Gasteiger partial charge in [0.05, 0.1) is 11.7 Å². The Balaban J connectivity index is 1.61. The lowest BCUT2D eigenvalue weighted by Gasteiger charge is -2.11. The van der Waals surface area contributed by atoms with Crippen LogP contribution in [0.5, 0.6) is 5.75 Å². The smallest absolute Gasteiger partial charge is 0.257 e. The second-order valence-corrected chi connectivity index (χ2v) is 6.65. The molecular formula is C21H20ClN3O2. The van der Waals surface area contributed by atoms with Gasteiger partial charge in [-0.25, -0.2) is 4.98 Å². The first-order chi connectivity index (χ1) is 13.0. The maximum atomic E-state index is 12.4. The second kappa shape index (κ2) is 8.56. The highest BCUT2D eigenvalue weighted by molar-refractivity contribution is 6.30. The van der Waals surface area contributed by atoms with Crippen molar-refractivity contribution in [1.29, 1.82) is 0 Å². The SMILES string of the molecule is CC(C)Oc1ccc(NC(=O)c2ccc(Nc3cccc(Cl)c3)nc2)cc1. The fourth-order valence-electron chi connectivity index (χ4n) is 2.41. The average Bonchev–Trinajstić information content (AvgIpc) is 2.63. The quantitative estimate of drug-likeness (QED) is 0.590. The molecule has 0 fully saturated rings. The molecule has 1 amide bonds. The van der Waals surface area contributed by atoms with Crippen LogP contribution in [0.15, 0.2) is 66.9 Å². The van der Waals surface area contributed by atoms with E-state index in [4.69, 9.17) is 16.3 Å². The molecule has 2 N–H and O–H groups in total. The zero-order chi connectivity index (χ0) is 19.2. The molecule has 6 heteroatoms. The van der Waals surface area contributed by atoms with Gasteiger partial charge in [0.1, 0.15) is 11.6 Å². The molecule has 0 spiro atoms. The monoisotopic (exact) mass is 381 g/mol. The maximum Gasteiger partial charge on any atom is 0.257 e. The van der Waals surface area contributed by atoms with Gasteiger partial charge in [0.25, 0.3) is 5.91 Å². The molecule has 0 aliphatic heterocycles. The van der Waals surface area contributed by atoms with E-state index in [-0.39, 0.29) is 12.0 Å². The van der Waals surface area contributed by atoms with Gasteiger partial charge in [0, 0.05) is 22.6 Å². The number of hydrogen-bond donors (Lipinski definition) is 2. The number of anilines is 3. The third-order valence-corrected chi connectivity index (χ3v) is 3.84. The molecule has 0 saturated heterocycles. The molecule has 1 heterocycles. The predicted octanol–water partition coefficient (Wildman–Crippen LogP) is 5.52. The minimum atomic E-state index is -0.227. The minimum Gasteiger partial charge on any atom is -0.491 e. The number of halogens is 1. The number of amides is 1. The van der Waals surface area contributed by atoms with Crippen molar-refractivity contribution in [1.82, 2.24) is 4.98 Å². The predicted molar refractivity (Wildman–Crippen MR) is 109 cm³/mol. The lowest BCUT2D eigenvalue weighted by Crippen LogP contribution is -2.12. The summed E-state index contributed by atoms with van der Waals surface area (Å²) in [5.74, 6) is 1.17. The molecule has 1 aromatic heterocycles. The summed E-state index contributed by atoms with van der Waals surface area (Å²) in [4.78, 5) is 16.6. The van der Waals surface area contributed by atoms with E-state index in [1.54, 1.807) is 36.4 Å². The Labute approximate surface area is 163 Å². The van der Waals surface area contributed by atoms with Crippen LogP contribution in [-0.2, 0) is 0 Å². The number of nitrogens with one attached hydrogen (secondary N) is 2. The zero-order valence-corrected chi connectivity index (χ0v) is 15.8. The fourth-order valence-corrected chi connectivity index (χ4v) is 2.60. The number of aromatic nitrogens is 1. The molecule has 0 atom stereocenters. The number of ether oxygens (including phenoxy) is 1. The Morgan fingerprint density at radius 1 is 1.04 bits per heavy atom. The number of carbonyl (C=O) groups excluding carboxylic acids is 1. The molecule has 0 saturated carbocycles. The summed E-state index contributed by atoms with van der Waals surface area (Å²) < 4.78 is 5.59. The summed E-state index contributed by atoms with van der Waals surface area (Å²) >= 11 is 5.97. The first-order valence-corrected chi connectivity index (χ1v) is 8.94. The van der Waals surface area contributed by atoms with Crippen molar-refractivity contribution in [3.8, 4) is 5.75 Å². The molecule has 0 bridgehead atoms. The summed E-state index contributed by atoms with van der Waals surface area (Å²) in [7, 11) is 0. The highest BCUT2D eigenvalue weighted by atomic mass is 35.5. The first-order valence-electron chi connectivity index (χ1n) is 8.56. The Bertz CT molecular complexity index is 909. The van der Waals surface area contributed by atoms with Gasteiger partial charge in [-0.05, 0) is 68.4 Å². The minimum absolute atomic E-state index is 0.107. The third kappa shape index (κ3) is 5.46. The van der Waals surface area contributed by atoms with Crippen molar-refractivity contribution in [2.24, 2.45) is 0 Å². The molecule has 2 aromatic carbocycles. The summed E-state index contributed by atoms with van der Waals surface area (Å²) in [6.07, 6.45) is 1.63. The first kappa shape index (κ1) is 18.7. The number of nitrogens with zero attached hydrogens (tertiary/aromatic N) is 1. The van der Waals surface area contributed by atoms with Crippen LogP contribution in [0.1, 0.15) is 24.2 Å². The van der Waals surface area contributed by atoms with E-state index < -0.39 is 0 Å². The van der Waals surface area contributed by atoms with Crippen LogP contribution in [0.4, 0.5) is 17.2 Å². The van der Waals surface area contributed by atoms with Gasteiger partial charge in [0.2, 0.25) is 0 Å². The average molecular weight is 382 g/mol. The molecule has 0 unspecified atom stereocenters. The summed E-state index contributed by atoms with van der Waals surface area (Å²) in [6.45, 7) is 3.93. The summed E-state index contributed by atoms with van der Waals surface area (Å²) in [5.41, 5.74) is 1.99. The number of hydrogen-bond acceptors (Lipinski definition) is 4.